The zero-order valence-corrected chi connectivity index (χ0v) is 19.0. The van der Waals surface area contributed by atoms with Gasteiger partial charge in [-0.1, -0.05) is 61.2 Å². The molecule has 1 N–H and O–H groups in total. The summed E-state index contributed by atoms with van der Waals surface area (Å²) in [7, 11) is 0. The molecule has 1 saturated heterocycles. The molecular formula is C26H33FN4O. The van der Waals surface area contributed by atoms with Crippen LogP contribution in [0.25, 0.3) is 11.3 Å². The topological polar surface area (TPSA) is 54.2 Å². The van der Waals surface area contributed by atoms with Gasteiger partial charge in [0.2, 0.25) is 0 Å². The van der Waals surface area contributed by atoms with E-state index < -0.39 is 6.10 Å². The summed E-state index contributed by atoms with van der Waals surface area (Å²) in [5, 5.41) is 19.7. The first-order valence-electron chi connectivity index (χ1n) is 11.7. The van der Waals surface area contributed by atoms with E-state index in [4.69, 9.17) is 0 Å². The SMILES string of the molecule is CCCCCCN1C[C@H](n2cc(-c3ccc(F)cc3)nn2)[C@@H](O)C[C@@H]1c1ccc(C)cc1. The molecule has 2 heterocycles. The maximum absolute atomic E-state index is 13.3. The molecule has 4 rings (SSSR count). The molecular weight excluding hydrogens is 403 g/mol. The molecule has 1 aromatic heterocycles. The molecule has 0 aliphatic carbocycles. The zero-order valence-electron chi connectivity index (χ0n) is 19.0. The van der Waals surface area contributed by atoms with Gasteiger partial charge in [-0.25, -0.2) is 9.07 Å². The fraction of sp³-hybridized carbons (Fsp3) is 0.462. The quantitative estimate of drug-likeness (QED) is 0.486. The van der Waals surface area contributed by atoms with Crippen molar-refractivity contribution in [3.8, 4) is 11.3 Å². The Morgan fingerprint density at radius 3 is 2.50 bits per heavy atom. The van der Waals surface area contributed by atoms with Crippen LogP contribution in [0.4, 0.5) is 4.39 Å². The molecule has 3 atom stereocenters. The number of hydrogen-bond acceptors (Lipinski definition) is 4. The molecule has 5 nitrogen and oxygen atoms in total. The Balaban J connectivity index is 1.53. The third kappa shape index (κ3) is 5.25. The van der Waals surface area contributed by atoms with E-state index >= 15 is 0 Å². The van der Waals surface area contributed by atoms with E-state index in [9.17, 15) is 9.50 Å². The number of aliphatic hydroxyl groups excluding tert-OH is 1. The molecule has 3 aromatic rings. The third-order valence-corrected chi connectivity index (χ3v) is 6.52. The van der Waals surface area contributed by atoms with Gasteiger partial charge in [0.25, 0.3) is 0 Å². The van der Waals surface area contributed by atoms with Crippen LogP contribution in [-0.2, 0) is 0 Å². The number of aliphatic hydroxyl groups is 1. The van der Waals surface area contributed by atoms with Gasteiger partial charge in [0.05, 0.1) is 18.3 Å². The second-order valence-electron chi connectivity index (χ2n) is 8.94. The largest absolute Gasteiger partial charge is 0.391 e. The van der Waals surface area contributed by atoms with Gasteiger partial charge in [-0.05, 0) is 56.1 Å². The molecule has 1 fully saturated rings. The highest BCUT2D eigenvalue weighted by molar-refractivity contribution is 5.57. The number of aromatic nitrogens is 3. The minimum absolute atomic E-state index is 0.162. The van der Waals surface area contributed by atoms with Crippen LogP contribution in [0, 0.1) is 12.7 Å². The summed E-state index contributed by atoms with van der Waals surface area (Å²) in [6, 6.07) is 15.0. The highest BCUT2D eigenvalue weighted by atomic mass is 19.1. The Bertz CT molecular complexity index is 986. The molecule has 0 spiro atoms. The molecule has 0 bridgehead atoms. The molecule has 32 heavy (non-hydrogen) atoms. The standard InChI is InChI=1S/C26H33FN4O/c1-3-4-5-6-15-30-18-25(26(32)16-24(30)21-9-7-19(2)8-10-21)31-17-23(28-29-31)20-11-13-22(27)14-12-20/h7-14,17,24-26,32H,3-6,15-16,18H2,1-2H3/t24-,25+,26+/m1/s1. The van der Waals surface area contributed by atoms with Gasteiger partial charge in [0, 0.05) is 18.2 Å². The van der Waals surface area contributed by atoms with Crippen LogP contribution < -0.4 is 0 Å². The first kappa shape index (κ1) is 22.6. The average molecular weight is 437 g/mol. The van der Waals surface area contributed by atoms with Crippen LogP contribution in [0.15, 0.2) is 54.7 Å². The molecule has 0 unspecified atom stereocenters. The average Bonchev–Trinajstić information content (AvgIpc) is 3.28. The zero-order chi connectivity index (χ0) is 22.5. The van der Waals surface area contributed by atoms with Gasteiger partial charge in [0.1, 0.15) is 11.5 Å². The number of aryl methyl sites for hydroxylation is 1. The lowest BCUT2D eigenvalue weighted by molar-refractivity contribution is -0.00774. The molecule has 170 valence electrons. The Hall–Kier alpha value is -2.57. The van der Waals surface area contributed by atoms with Gasteiger partial charge in [-0.2, -0.15) is 0 Å². The van der Waals surface area contributed by atoms with Crippen molar-refractivity contribution >= 4 is 0 Å². The number of piperidine rings is 1. The lowest BCUT2D eigenvalue weighted by Gasteiger charge is -2.42. The van der Waals surface area contributed by atoms with Gasteiger partial charge in [0.15, 0.2) is 0 Å². The molecule has 6 heteroatoms. The van der Waals surface area contributed by atoms with Crippen LogP contribution in [0.1, 0.15) is 62.2 Å². The maximum atomic E-state index is 13.3. The van der Waals surface area contributed by atoms with E-state index in [2.05, 4.69) is 53.3 Å². The Labute approximate surface area is 189 Å². The molecule has 1 aliphatic heterocycles. The molecule has 1 aliphatic rings. The van der Waals surface area contributed by atoms with E-state index in [1.165, 1.54) is 42.5 Å². The summed E-state index contributed by atoms with van der Waals surface area (Å²) in [6.45, 7) is 6.05. The van der Waals surface area contributed by atoms with E-state index in [0.29, 0.717) is 12.1 Å². The fourth-order valence-electron chi connectivity index (χ4n) is 4.60. The van der Waals surface area contributed by atoms with Crippen LogP contribution in [0.3, 0.4) is 0 Å². The summed E-state index contributed by atoms with van der Waals surface area (Å²) < 4.78 is 15.0. The Kier molecular flexibility index (Phi) is 7.33. The second kappa shape index (κ2) is 10.4. The number of rotatable bonds is 8. The summed E-state index contributed by atoms with van der Waals surface area (Å²) >= 11 is 0. The maximum Gasteiger partial charge on any atom is 0.123 e. The van der Waals surface area contributed by atoms with Gasteiger partial charge in [-0.15, -0.1) is 5.10 Å². The monoisotopic (exact) mass is 436 g/mol. The third-order valence-electron chi connectivity index (χ3n) is 6.52. The lowest BCUT2D eigenvalue weighted by Crippen LogP contribution is -2.46. The van der Waals surface area contributed by atoms with Gasteiger partial charge < -0.3 is 5.11 Å². The normalized spacial score (nSPS) is 21.7. The van der Waals surface area contributed by atoms with Crippen molar-refractivity contribution in [3.63, 3.8) is 0 Å². The number of nitrogens with zero attached hydrogens (tertiary/aromatic N) is 4. The van der Waals surface area contributed by atoms with Crippen molar-refractivity contribution in [2.45, 2.75) is 64.1 Å². The number of halogens is 1. The van der Waals surface area contributed by atoms with E-state index in [1.807, 2.05) is 6.20 Å². The van der Waals surface area contributed by atoms with Crippen LogP contribution >= 0.6 is 0 Å². The summed E-state index contributed by atoms with van der Waals surface area (Å²) in [5.41, 5.74) is 4.01. The van der Waals surface area contributed by atoms with Crippen molar-refractivity contribution in [1.29, 1.82) is 0 Å². The number of likely N-dealkylation sites (tertiary alicyclic amines) is 1. The van der Waals surface area contributed by atoms with Crippen molar-refractivity contribution in [2.24, 2.45) is 0 Å². The summed E-state index contributed by atoms with van der Waals surface area (Å²) in [4.78, 5) is 2.50. The smallest absolute Gasteiger partial charge is 0.123 e. The lowest BCUT2D eigenvalue weighted by atomic mass is 9.90. The Morgan fingerprint density at radius 1 is 1.03 bits per heavy atom. The predicted octanol–water partition coefficient (Wildman–Crippen LogP) is 5.32. The molecule has 2 aromatic carbocycles. The van der Waals surface area contributed by atoms with Gasteiger partial charge in [-0.3, -0.25) is 4.90 Å². The van der Waals surface area contributed by atoms with Crippen LogP contribution in [0.2, 0.25) is 0 Å². The Morgan fingerprint density at radius 2 is 1.78 bits per heavy atom. The van der Waals surface area contributed by atoms with E-state index in [1.54, 1.807) is 16.8 Å². The highest BCUT2D eigenvalue weighted by Crippen LogP contribution is 2.36. The van der Waals surface area contributed by atoms with Crippen LogP contribution in [-0.4, -0.2) is 44.2 Å². The minimum atomic E-state index is -0.518. The second-order valence-corrected chi connectivity index (χ2v) is 8.94. The molecule has 0 saturated carbocycles. The number of benzene rings is 2. The van der Waals surface area contributed by atoms with Crippen LogP contribution in [0.5, 0.6) is 0 Å². The van der Waals surface area contributed by atoms with E-state index in [0.717, 1.165) is 25.1 Å². The van der Waals surface area contributed by atoms with Gasteiger partial charge >= 0.3 is 0 Å². The highest BCUT2D eigenvalue weighted by Gasteiger charge is 2.36. The minimum Gasteiger partial charge on any atom is -0.391 e. The van der Waals surface area contributed by atoms with E-state index in [-0.39, 0.29) is 17.9 Å². The molecule has 0 radical (unpaired) electrons. The first-order chi connectivity index (χ1) is 15.5. The number of hydrogen-bond donors (Lipinski definition) is 1. The number of unbranched alkanes of at least 4 members (excludes halogenated alkanes) is 3. The van der Waals surface area contributed by atoms with Crippen molar-refractivity contribution in [1.82, 2.24) is 19.9 Å². The van der Waals surface area contributed by atoms with Crippen molar-refractivity contribution < 1.29 is 9.50 Å². The summed E-state index contributed by atoms with van der Waals surface area (Å²) in [6.07, 6.45) is 6.84. The fourth-order valence-corrected chi connectivity index (χ4v) is 4.60. The van der Waals surface area contributed by atoms with Crippen molar-refractivity contribution in [3.05, 3.63) is 71.7 Å². The van der Waals surface area contributed by atoms with Crippen molar-refractivity contribution in [2.75, 3.05) is 13.1 Å². The summed E-state index contributed by atoms with van der Waals surface area (Å²) in [5.74, 6) is -0.273. The predicted molar refractivity (Wildman–Crippen MR) is 125 cm³/mol. The first-order valence-corrected chi connectivity index (χ1v) is 11.7. The molecule has 0 amide bonds.